The van der Waals surface area contributed by atoms with Crippen molar-refractivity contribution in [2.24, 2.45) is 0 Å². The molecule has 0 saturated carbocycles. The number of morpholine rings is 1. The van der Waals surface area contributed by atoms with Gasteiger partial charge in [0.25, 0.3) is 5.91 Å². The molecule has 0 unspecified atom stereocenters. The first-order valence-electron chi connectivity index (χ1n) is 8.83. The Morgan fingerprint density at radius 1 is 1.25 bits per heavy atom. The SMILES string of the molecule is O=C(Nc1ccc([C@H]2O[C@@H]3CN[C@H]2C3)cc1)c1ccc(OCC(F)(F)F)cn1. The molecule has 1 aromatic carbocycles. The molecule has 2 bridgehead atoms. The molecule has 1 amide bonds. The molecule has 2 fully saturated rings. The molecule has 0 aliphatic carbocycles. The second-order valence-electron chi connectivity index (χ2n) is 6.79. The van der Waals surface area contributed by atoms with Crippen molar-refractivity contribution >= 4 is 11.6 Å². The molecule has 2 N–H and O–H groups in total. The van der Waals surface area contributed by atoms with Crippen molar-refractivity contribution in [3.05, 3.63) is 53.9 Å². The number of fused-ring (bicyclic) bond motifs is 2. The van der Waals surface area contributed by atoms with Gasteiger partial charge in [-0.15, -0.1) is 0 Å². The van der Waals surface area contributed by atoms with Gasteiger partial charge in [0.15, 0.2) is 6.61 Å². The van der Waals surface area contributed by atoms with E-state index in [2.05, 4.69) is 20.4 Å². The number of alkyl halides is 3. The smallest absolute Gasteiger partial charge is 0.422 e. The third-order valence-electron chi connectivity index (χ3n) is 4.70. The fraction of sp³-hybridized carbons (Fsp3) is 0.368. The lowest BCUT2D eigenvalue weighted by molar-refractivity contribution is -0.153. The van der Waals surface area contributed by atoms with Crippen molar-refractivity contribution in [3.63, 3.8) is 0 Å². The number of rotatable bonds is 5. The van der Waals surface area contributed by atoms with Gasteiger partial charge in [0.05, 0.1) is 18.4 Å². The van der Waals surface area contributed by atoms with Crippen LogP contribution in [0.1, 0.15) is 28.6 Å². The zero-order valence-electron chi connectivity index (χ0n) is 14.7. The summed E-state index contributed by atoms with van der Waals surface area (Å²) in [5.74, 6) is -0.523. The minimum atomic E-state index is -4.43. The monoisotopic (exact) mass is 393 g/mol. The fourth-order valence-corrected chi connectivity index (χ4v) is 3.40. The van der Waals surface area contributed by atoms with Gasteiger partial charge in [-0.25, -0.2) is 4.98 Å². The van der Waals surface area contributed by atoms with E-state index in [1.54, 1.807) is 12.1 Å². The van der Waals surface area contributed by atoms with Crippen molar-refractivity contribution in [1.29, 1.82) is 0 Å². The summed E-state index contributed by atoms with van der Waals surface area (Å²) < 4.78 is 46.9. The summed E-state index contributed by atoms with van der Waals surface area (Å²) in [6, 6.07) is 10.3. The number of benzene rings is 1. The van der Waals surface area contributed by atoms with Crippen LogP contribution in [0.25, 0.3) is 0 Å². The lowest BCUT2D eigenvalue weighted by Gasteiger charge is -2.23. The first kappa shape index (κ1) is 18.7. The molecule has 1 aromatic heterocycles. The van der Waals surface area contributed by atoms with E-state index >= 15 is 0 Å². The molecule has 2 aliphatic heterocycles. The van der Waals surface area contributed by atoms with Crippen molar-refractivity contribution < 1.29 is 27.4 Å². The lowest BCUT2D eigenvalue weighted by Crippen LogP contribution is -2.33. The van der Waals surface area contributed by atoms with Crippen molar-refractivity contribution in [1.82, 2.24) is 10.3 Å². The van der Waals surface area contributed by atoms with Crippen molar-refractivity contribution in [2.45, 2.75) is 30.8 Å². The molecule has 2 aromatic rings. The van der Waals surface area contributed by atoms with Gasteiger partial charge in [0.1, 0.15) is 11.4 Å². The van der Waals surface area contributed by atoms with Crippen LogP contribution in [-0.4, -0.2) is 42.4 Å². The van der Waals surface area contributed by atoms with Gasteiger partial charge in [-0.2, -0.15) is 13.2 Å². The van der Waals surface area contributed by atoms with Crippen molar-refractivity contribution in [3.8, 4) is 5.75 Å². The average Bonchev–Trinajstić information content (AvgIpc) is 3.30. The molecule has 6 nitrogen and oxygen atoms in total. The minimum Gasteiger partial charge on any atom is -0.483 e. The Labute approximate surface area is 159 Å². The fourth-order valence-electron chi connectivity index (χ4n) is 3.40. The summed E-state index contributed by atoms with van der Waals surface area (Å²) in [6.07, 6.45) is -2.04. The Bertz CT molecular complexity index is 840. The number of amides is 1. The average molecular weight is 393 g/mol. The standard InChI is InChI=1S/C19H18F3N3O3/c20-19(21,22)10-27-13-5-6-15(23-8-13)18(26)25-12-3-1-11(2-4-12)17-16-7-14(28-17)9-24-16/h1-6,8,14,16-17,24H,7,9-10H2,(H,25,26)/t14-,16-,17+/m0/s1. The number of carbonyl (C=O) groups is 1. The van der Waals surface area contributed by atoms with E-state index in [0.29, 0.717) is 11.7 Å². The Balaban J connectivity index is 1.34. The van der Waals surface area contributed by atoms with Gasteiger partial charge in [0, 0.05) is 18.3 Å². The molecule has 4 rings (SSSR count). The van der Waals surface area contributed by atoms with E-state index in [1.165, 1.54) is 12.1 Å². The Kier molecular flexibility index (Phi) is 4.94. The number of anilines is 1. The predicted molar refractivity (Wildman–Crippen MR) is 94.2 cm³/mol. The third-order valence-corrected chi connectivity index (χ3v) is 4.70. The second kappa shape index (κ2) is 7.40. The Hall–Kier alpha value is -2.65. The first-order chi connectivity index (χ1) is 13.4. The highest BCUT2D eigenvalue weighted by Gasteiger charge is 2.41. The number of carbonyl (C=O) groups excluding carboxylic acids is 1. The summed E-state index contributed by atoms with van der Waals surface area (Å²) in [4.78, 5) is 16.1. The molecule has 9 heteroatoms. The van der Waals surface area contributed by atoms with Crippen molar-refractivity contribution in [2.75, 3.05) is 18.5 Å². The maximum Gasteiger partial charge on any atom is 0.422 e. The zero-order valence-corrected chi connectivity index (χ0v) is 14.7. The van der Waals surface area contributed by atoms with E-state index in [1.807, 2.05) is 12.1 Å². The number of hydrogen-bond acceptors (Lipinski definition) is 5. The van der Waals surface area contributed by atoms with Crippen LogP contribution >= 0.6 is 0 Å². The summed E-state index contributed by atoms with van der Waals surface area (Å²) in [7, 11) is 0. The Morgan fingerprint density at radius 3 is 2.61 bits per heavy atom. The molecule has 3 heterocycles. The Morgan fingerprint density at radius 2 is 2.04 bits per heavy atom. The van der Waals surface area contributed by atoms with Gasteiger partial charge in [-0.05, 0) is 36.2 Å². The number of ether oxygens (including phenoxy) is 2. The highest BCUT2D eigenvalue weighted by molar-refractivity contribution is 6.02. The maximum absolute atomic E-state index is 12.3. The molecular formula is C19H18F3N3O3. The number of hydrogen-bond donors (Lipinski definition) is 2. The van der Waals surface area contributed by atoms with Gasteiger partial charge in [-0.1, -0.05) is 12.1 Å². The van der Waals surface area contributed by atoms with E-state index in [0.717, 1.165) is 24.7 Å². The van der Waals surface area contributed by atoms with E-state index in [9.17, 15) is 18.0 Å². The molecule has 2 saturated heterocycles. The topological polar surface area (TPSA) is 72.5 Å². The van der Waals surface area contributed by atoms with Gasteiger partial charge < -0.3 is 20.1 Å². The van der Waals surface area contributed by atoms with Crippen LogP contribution in [-0.2, 0) is 4.74 Å². The number of halogens is 3. The molecular weight excluding hydrogens is 375 g/mol. The number of pyridine rings is 1. The normalized spacial score (nSPS) is 23.6. The van der Waals surface area contributed by atoms with Crippen LogP contribution in [0.5, 0.6) is 5.75 Å². The third kappa shape index (κ3) is 4.26. The first-order valence-corrected chi connectivity index (χ1v) is 8.83. The minimum absolute atomic E-state index is 0.0226. The summed E-state index contributed by atoms with van der Waals surface area (Å²) in [6.45, 7) is -0.517. The number of nitrogens with zero attached hydrogens (tertiary/aromatic N) is 1. The van der Waals surface area contributed by atoms with Crippen LogP contribution in [0, 0.1) is 0 Å². The van der Waals surface area contributed by atoms with Crippen LogP contribution in [0.4, 0.5) is 18.9 Å². The molecule has 0 spiro atoms. The number of aromatic nitrogens is 1. The molecule has 0 radical (unpaired) electrons. The van der Waals surface area contributed by atoms with E-state index in [-0.39, 0.29) is 23.7 Å². The van der Waals surface area contributed by atoms with Gasteiger partial charge >= 0.3 is 6.18 Å². The summed E-state index contributed by atoms with van der Waals surface area (Å²) in [5.41, 5.74) is 1.70. The molecule has 2 aliphatic rings. The van der Waals surface area contributed by atoms with Crippen LogP contribution in [0.3, 0.4) is 0 Å². The number of nitrogens with one attached hydrogen (secondary N) is 2. The van der Waals surface area contributed by atoms with Crippen LogP contribution in [0.15, 0.2) is 42.6 Å². The predicted octanol–water partition coefficient (Wildman–Crippen LogP) is 3.08. The lowest BCUT2D eigenvalue weighted by atomic mass is 10.0. The van der Waals surface area contributed by atoms with Crippen LogP contribution < -0.4 is 15.4 Å². The molecule has 148 valence electrons. The molecule has 28 heavy (non-hydrogen) atoms. The quantitative estimate of drug-likeness (QED) is 0.817. The highest BCUT2D eigenvalue weighted by Crippen LogP contribution is 2.37. The zero-order chi connectivity index (χ0) is 19.7. The second-order valence-corrected chi connectivity index (χ2v) is 6.79. The highest BCUT2D eigenvalue weighted by atomic mass is 19.4. The van der Waals surface area contributed by atoms with E-state index < -0.39 is 18.7 Å². The van der Waals surface area contributed by atoms with Gasteiger partial charge in [-0.3, -0.25) is 4.79 Å². The van der Waals surface area contributed by atoms with Crippen LogP contribution in [0.2, 0.25) is 0 Å². The maximum atomic E-state index is 12.3. The summed E-state index contributed by atoms with van der Waals surface area (Å²) in [5, 5.41) is 6.13. The summed E-state index contributed by atoms with van der Waals surface area (Å²) >= 11 is 0. The largest absolute Gasteiger partial charge is 0.483 e. The van der Waals surface area contributed by atoms with Gasteiger partial charge in [0.2, 0.25) is 0 Å². The molecule has 3 atom stereocenters. The van der Waals surface area contributed by atoms with E-state index in [4.69, 9.17) is 4.74 Å².